The minimum Gasteiger partial charge on any atom is -0.374 e. The fourth-order valence-electron chi connectivity index (χ4n) is 1.10. The molecule has 0 atom stereocenters. The van der Waals surface area contributed by atoms with Gasteiger partial charge in [-0.3, -0.25) is 10.3 Å². The molecule has 1 aromatic heterocycles. The number of anilines is 1. The molecule has 0 aromatic carbocycles. The topological polar surface area (TPSA) is 112 Å². The Morgan fingerprint density at radius 1 is 1.56 bits per heavy atom. The molecule has 1 rings (SSSR count). The van der Waals surface area contributed by atoms with Gasteiger partial charge in [0, 0.05) is 25.8 Å². The van der Waals surface area contributed by atoms with Gasteiger partial charge in [-0.2, -0.15) is 17.0 Å². The first-order chi connectivity index (χ1) is 8.76. The van der Waals surface area contributed by atoms with Gasteiger partial charge in [-0.1, -0.05) is 11.3 Å². The highest BCUT2D eigenvalue weighted by atomic mass is 32.2. The molecule has 0 bridgehead atoms. The van der Waals surface area contributed by atoms with E-state index in [9.17, 15) is 0 Å². The molecule has 0 radical (unpaired) electrons. The maximum Gasteiger partial charge on any atom is 0.204 e. The minimum absolute atomic E-state index is 0.495. The largest absolute Gasteiger partial charge is 0.374 e. The third-order valence-electron chi connectivity index (χ3n) is 1.88. The first-order valence-electron chi connectivity index (χ1n) is 5.27. The molecule has 0 aliphatic rings. The average Bonchev–Trinajstić information content (AvgIpc) is 2.78. The Balaban J connectivity index is 2.04. The van der Waals surface area contributed by atoms with Crippen molar-refractivity contribution in [1.29, 1.82) is 5.26 Å². The number of guanidine groups is 1. The number of nitrogens with zero attached hydrogens (tertiary/aromatic N) is 4. The van der Waals surface area contributed by atoms with Gasteiger partial charge < -0.3 is 11.1 Å². The van der Waals surface area contributed by atoms with Crippen LogP contribution in [0.15, 0.2) is 4.99 Å². The van der Waals surface area contributed by atoms with Crippen molar-refractivity contribution in [2.24, 2.45) is 4.99 Å². The fraction of sp³-hybridized carbons (Fsp3) is 0.556. The third kappa shape index (κ3) is 5.70. The van der Waals surface area contributed by atoms with Gasteiger partial charge in [0.1, 0.15) is 5.01 Å². The maximum absolute atomic E-state index is 8.43. The van der Waals surface area contributed by atoms with Crippen LogP contribution in [0.25, 0.3) is 0 Å². The Labute approximate surface area is 114 Å². The van der Waals surface area contributed by atoms with E-state index in [1.165, 1.54) is 11.3 Å². The molecule has 7 nitrogen and oxygen atoms in total. The van der Waals surface area contributed by atoms with Crippen LogP contribution in [0.3, 0.4) is 0 Å². The van der Waals surface area contributed by atoms with Gasteiger partial charge in [0.25, 0.3) is 0 Å². The number of nitrogens with one attached hydrogen (secondary N) is 2. The Kier molecular flexibility index (Phi) is 6.90. The minimum atomic E-state index is 0.495. The van der Waals surface area contributed by atoms with E-state index in [-0.39, 0.29) is 0 Å². The van der Waals surface area contributed by atoms with Crippen LogP contribution < -0.4 is 16.4 Å². The summed E-state index contributed by atoms with van der Waals surface area (Å²) in [5.41, 5.74) is 5.49. The van der Waals surface area contributed by atoms with Crippen LogP contribution in [-0.4, -0.2) is 41.3 Å². The molecule has 98 valence electrons. The predicted octanol–water partition coefficient (Wildman–Crippen LogP) is 0.0421. The average molecular weight is 285 g/mol. The molecule has 0 saturated heterocycles. The van der Waals surface area contributed by atoms with Gasteiger partial charge >= 0.3 is 0 Å². The molecule has 0 saturated carbocycles. The SMILES string of the molecule is CN=C(NC#N)NCCSCCc1nnc(N)s1. The number of nitriles is 1. The number of aryl methyl sites for hydroxylation is 1. The summed E-state index contributed by atoms with van der Waals surface area (Å²) in [5, 5.41) is 23.1. The molecule has 0 aliphatic carbocycles. The molecule has 0 fully saturated rings. The van der Waals surface area contributed by atoms with Gasteiger partial charge in [-0.05, 0) is 5.75 Å². The van der Waals surface area contributed by atoms with Crippen LogP contribution in [0.2, 0.25) is 0 Å². The van der Waals surface area contributed by atoms with E-state index in [1.807, 2.05) is 6.19 Å². The van der Waals surface area contributed by atoms with Gasteiger partial charge in [0.05, 0.1) is 0 Å². The lowest BCUT2D eigenvalue weighted by Gasteiger charge is -2.06. The maximum atomic E-state index is 8.43. The number of hydrogen-bond acceptors (Lipinski definition) is 7. The molecular weight excluding hydrogens is 270 g/mol. The van der Waals surface area contributed by atoms with Crippen molar-refractivity contribution >= 4 is 34.2 Å². The van der Waals surface area contributed by atoms with Crippen molar-refractivity contribution in [1.82, 2.24) is 20.8 Å². The number of aliphatic imine (C=N–C) groups is 1. The third-order valence-corrected chi connectivity index (χ3v) is 3.68. The van der Waals surface area contributed by atoms with Crippen molar-refractivity contribution in [3.05, 3.63) is 5.01 Å². The Morgan fingerprint density at radius 2 is 2.39 bits per heavy atom. The fourth-order valence-corrected chi connectivity index (χ4v) is 2.63. The molecule has 0 aliphatic heterocycles. The lowest BCUT2D eigenvalue weighted by Crippen LogP contribution is -2.35. The highest BCUT2D eigenvalue weighted by Crippen LogP contribution is 2.13. The van der Waals surface area contributed by atoms with Crippen molar-refractivity contribution < 1.29 is 0 Å². The van der Waals surface area contributed by atoms with Gasteiger partial charge in [0.15, 0.2) is 6.19 Å². The summed E-state index contributed by atoms with van der Waals surface area (Å²) in [5.74, 6) is 2.40. The highest BCUT2D eigenvalue weighted by molar-refractivity contribution is 7.99. The zero-order valence-corrected chi connectivity index (χ0v) is 11.6. The Morgan fingerprint density at radius 3 is 3.00 bits per heavy atom. The summed E-state index contributed by atoms with van der Waals surface area (Å²) in [4.78, 5) is 3.88. The van der Waals surface area contributed by atoms with Crippen LogP contribution in [0.4, 0.5) is 5.13 Å². The van der Waals surface area contributed by atoms with E-state index >= 15 is 0 Å². The van der Waals surface area contributed by atoms with Crippen LogP contribution >= 0.6 is 23.1 Å². The van der Waals surface area contributed by atoms with E-state index in [4.69, 9.17) is 11.0 Å². The van der Waals surface area contributed by atoms with E-state index < -0.39 is 0 Å². The molecule has 0 unspecified atom stereocenters. The molecule has 0 amide bonds. The second kappa shape index (κ2) is 8.54. The van der Waals surface area contributed by atoms with Crippen molar-refractivity contribution in [3.63, 3.8) is 0 Å². The lowest BCUT2D eigenvalue weighted by molar-refractivity contribution is 0.929. The van der Waals surface area contributed by atoms with Crippen molar-refractivity contribution in [3.8, 4) is 6.19 Å². The summed E-state index contributed by atoms with van der Waals surface area (Å²) in [7, 11) is 1.62. The van der Waals surface area contributed by atoms with Crippen molar-refractivity contribution in [2.45, 2.75) is 6.42 Å². The predicted molar refractivity (Wildman–Crippen MR) is 75.5 cm³/mol. The molecule has 4 N–H and O–H groups in total. The van der Waals surface area contributed by atoms with Gasteiger partial charge in [0.2, 0.25) is 11.1 Å². The van der Waals surface area contributed by atoms with Crippen LogP contribution in [0.5, 0.6) is 0 Å². The normalized spacial score (nSPS) is 11.0. The van der Waals surface area contributed by atoms with Gasteiger partial charge in [-0.25, -0.2) is 0 Å². The molecule has 1 heterocycles. The van der Waals surface area contributed by atoms with Crippen LogP contribution in [0.1, 0.15) is 5.01 Å². The van der Waals surface area contributed by atoms with Crippen molar-refractivity contribution in [2.75, 3.05) is 30.8 Å². The summed E-state index contributed by atoms with van der Waals surface area (Å²) in [6.45, 7) is 0.754. The van der Waals surface area contributed by atoms with E-state index in [0.717, 1.165) is 29.5 Å². The Bertz CT molecular complexity index is 423. The first kappa shape index (κ1) is 14.5. The number of aromatic nitrogens is 2. The van der Waals surface area contributed by atoms with Crippen LogP contribution in [0, 0.1) is 11.5 Å². The van der Waals surface area contributed by atoms with E-state index in [0.29, 0.717) is 11.1 Å². The smallest absolute Gasteiger partial charge is 0.204 e. The zero-order chi connectivity index (χ0) is 13.2. The molecule has 18 heavy (non-hydrogen) atoms. The number of nitrogen functional groups attached to an aromatic ring is 1. The quantitative estimate of drug-likeness (QED) is 0.222. The molecular formula is C9H15N7S2. The summed E-state index contributed by atoms with van der Waals surface area (Å²) in [6, 6.07) is 0. The lowest BCUT2D eigenvalue weighted by atomic mass is 10.5. The van der Waals surface area contributed by atoms with Crippen LogP contribution in [-0.2, 0) is 6.42 Å². The first-order valence-corrected chi connectivity index (χ1v) is 7.24. The summed E-state index contributed by atoms with van der Waals surface area (Å²) < 4.78 is 0. The number of rotatable bonds is 6. The monoisotopic (exact) mass is 285 g/mol. The standard InChI is InChI=1S/C9H15N7S2/c1-12-9(14-6-10)13-3-5-17-4-2-7-15-16-8(11)18-7/h2-5H2,1H3,(H2,11,16)(H2,12,13,14). The van der Waals surface area contributed by atoms with Gasteiger partial charge in [-0.15, -0.1) is 10.2 Å². The molecule has 1 aromatic rings. The number of hydrogen-bond donors (Lipinski definition) is 3. The summed E-state index contributed by atoms with van der Waals surface area (Å²) in [6.07, 6.45) is 2.70. The number of thioether (sulfide) groups is 1. The zero-order valence-electron chi connectivity index (χ0n) is 10.0. The summed E-state index contributed by atoms with van der Waals surface area (Å²) >= 11 is 3.23. The Hall–Kier alpha value is -1.53. The second-order valence-corrected chi connectivity index (χ2v) is 5.45. The van der Waals surface area contributed by atoms with E-state index in [1.54, 1.807) is 18.8 Å². The molecule has 0 spiro atoms. The second-order valence-electron chi connectivity index (χ2n) is 3.13. The highest BCUT2D eigenvalue weighted by Gasteiger charge is 2.00. The van der Waals surface area contributed by atoms with E-state index in [2.05, 4.69) is 25.8 Å². The molecule has 9 heteroatoms. The number of nitrogens with two attached hydrogens (primary N) is 1.